The molecule has 0 radical (unpaired) electrons. The maximum Gasteiger partial charge on any atom is 0.225 e. The largest absolute Gasteiger partial charge is 0.350 e. The monoisotopic (exact) mass is 346 g/mol. The van der Waals surface area contributed by atoms with Gasteiger partial charge in [-0.2, -0.15) is 0 Å². The van der Waals surface area contributed by atoms with Crippen LogP contribution in [-0.4, -0.2) is 38.9 Å². The second-order valence-corrected chi connectivity index (χ2v) is 7.87. The first-order valence-electron chi connectivity index (χ1n) is 9.60. The molecule has 0 bridgehead atoms. The van der Waals surface area contributed by atoms with E-state index in [0.29, 0.717) is 37.9 Å². The molecular formula is C19H30N4O2. The van der Waals surface area contributed by atoms with Crippen LogP contribution in [0.1, 0.15) is 58.1 Å². The topological polar surface area (TPSA) is 67.2 Å². The summed E-state index contributed by atoms with van der Waals surface area (Å²) in [6.45, 7) is 6.32. The fourth-order valence-electron chi connectivity index (χ4n) is 4.03. The number of nitrogens with one attached hydrogen (secondary N) is 1. The number of hydrogen-bond acceptors (Lipinski definition) is 3. The molecule has 1 aliphatic carbocycles. The summed E-state index contributed by atoms with van der Waals surface area (Å²) in [5.41, 5.74) is 1.03. The van der Waals surface area contributed by atoms with Gasteiger partial charge in [-0.05, 0) is 25.2 Å². The fourth-order valence-corrected chi connectivity index (χ4v) is 4.03. The third-order valence-electron chi connectivity index (χ3n) is 5.38. The van der Waals surface area contributed by atoms with Crippen LogP contribution in [0.2, 0.25) is 0 Å². The highest BCUT2D eigenvalue weighted by Gasteiger charge is 2.35. The number of nitrogens with zero attached hydrogens (tertiary/aromatic N) is 3. The Hall–Kier alpha value is -1.85. The summed E-state index contributed by atoms with van der Waals surface area (Å²) in [5, 5.41) is 3.06. The van der Waals surface area contributed by atoms with Gasteiger partial charge < -0.3 is 14.8 Å². The van der Waals surface area contributed by atoms with Crippen molar-refractivity contribution in [2.45, 2.75) is 71.5 Å². The normalized spacial score (nSPS) is 22.0. The highest BCUT2D eigenvalue weighted by atomic mass is 16.2. The van der Waals surface area contributed by atoms with Crippen LogP contribution in [0, 0.1) is 11.8 Å². The molecule has 2 amide bonds. The molecule has 1 unspecified atom stereocenters. The maximum absolute atomic E-state index is 12.6. The summed E-state index contributed by atoms with van der Waals surface area (Å²) in [4.78, 5) is 31.0. The van der Waals surface area contributed by atoms with E-state index in [4.69, 9.17) is 0 Å². The summed E-state index contributed by atoms with van der Waals surface area (Å²) >= 11 is 0. The van der Waals surface area contributed by atoms with E-state index in [9.17, 15) is 9.59 Å². The minimum Gasteiger partial charge on any atom is -0.350 e. The molecule has 6 nitrogen and oxygen atoms in total. The molecule has 1 saturated carbocycles. The second-order valence-electron chi connectivity index (χ2n) is 7.87. The Morgan fingerprint density at radius 3 is 2.80 bits per heavy atom. The summed E-state index contributed by atoms with van der Waals surface area (Å²) in [6, 6.07) is 0.357. The Bertz CT molecular complexity index is 604. The van der Waals surface area contributed by atoms with Crippen molar-refractivity contribution in [3.63, 3.8) is 0 Å². The Morgan fingerprint density at radius 2 is 2.08 bits per heavy atom. The Morgan fingerprint density at radius 1 is 1.32 bits per heavy atom. The minimum absolute atomic E-state index is 0.0628. The van der Waals surface area contributed by atoms with E-state index < -0.39 is 0 Å². The van der Waals surface area contributed by atoms with Gasteiger partial charge in [0.15, 0.2) is 0 Å². The third-order valence-corrected chi connectivity index (χ3v) is 5.38. The molecule has 2 heterocycles. The molecule has 1 atom stereocenters. The van der Waals surface area contributed by atoms with Crippen molar-refractivity contribution >= 4 is 11.8 Å². The van der Waals surface area contributed by atoms with Crippen molar-refractivity contribution in [2.75, 3.05) is 6.54 Å². The SMILES string of the molecule is CC(C)Cn1cncc1CNC(=O)C1CCC(=O)N(C2CCCC2)C1. The lowest BCUT2D eigenvalue weighted by Gasteiger charge is -2.36. The molecule has 138 valence electrons. The molecule has 1 aromatic heterocycles. The minimum atomic E-state index is -0.0835. The molecule has 25 heavy (non-hydrogen) atoms. The predicted molar refractivity (Wildman–Crippen MR) is 95.6 cm³/mol. The van der Waals surface area contributed by atoms with E-state index >= 15 is 0 Å². The number of imidazole rings is 1. The van der Waals surface area contributed by atoms with E-state index in [0.717, 1.165) is 25.1 Å². The zero-order chi connectivity index (χ0) is 17.8. The van der Waals surface area contributed by atoms with Gasteiger partial charge in [0.1, 0.15) is 0 Å². The van der Waals surface area contributed by atoms with Gasteiger partial charge >= 0.3 is 0 Å². The highest BCUT2D eigenvalue weighted by Crippen LogP contribution is 2.28. The number of carbonyl (C=O) groups is 2. The van der Waals surface area contributed by atoms with Gasteiger partial charge in [-0.1, -0.05) is 26.7 Å². The van der Waals surface area contributed by atoms with Crippen molar-refractivity contribution in [1.82, 2.24) is 19.8 Å². The van der Waals surface area contributed by atoms with Gasteiger partial charge in [0, 0.05) is 31.7 Å². The van der Waals surface area contributed by atoms with E-state index in [-0.39, 0.29) is 17.7 Å². The first kappa shape index (κ1) is 18.0. The molecule has 1 N–H and O–H groups in total. The van der Waals surface area contributed by atoms with E-state index in [1.807, 2.05) is 17.4 Å². The van der Waals surface area contributed by atoms with Gasteiger partial charge in [-0.25, -0.2) is 4.98 Å². The molecule has 1 aromatic rings. The van der Waals surface area contributed by atoms with Crippen LogP contribution < -0.4 is 5.32 Å². The summed E-state index contributed by atoms with van der Waals surface area (Å²) in [5.74, 6) is 0.742. The molecule has 0 aromatic carbocycles. The number of amides is 2. The van der Waals surface area contributed by atoms with Crippen LogP contribution >= 0.6 is 0 Å². The maximum atomic E-state index is 12.6. The zero-order valence-corrected chi connectivity index (χ0v) is 15.4. The van der Waals surface area contributed by atoms with Crippen molar-refractivity contribution < 1.29 is 9.59 Å². The summed E-state index contributed by atoms with van der Waals surface area (Å²) in [7, 11) is 0. The number of piperidine rings is 1. The third kappa shape index (κ3) is 4.41. The molecule has 0 spiro atoms. The van der Waals surface area contributed by atoms with Crippen LogP contribution in [-0.2, 0) is 22.7 Å². The van der Waals surface area contributed by atoms with Gasteiger partial charge in [0.05, 0.1) is 24.5 Å². The number of carbonyl (C=O) groups excluding carboxylic acids is 2. The molecule has 1 saturated heterocycles. The van der Waals surface area contributed by atoms with Crippen LogP contribution in [0.4, 0.5) is 0 Å². The van der Waals surface area contributed by atoms with Crippen molar-refractivity contribution in [3.8, 4) is 0 Å². The lowest BCUT2D eigenvalue weighted by Crippen LogP contribution is -2.49. The van der Waals surface area contributed by atoms with Crippen molar-refractivity contribution in [2.24, 2.45) is 11.8 Å². The number of likely N-dealkylation sites (tertiary alicyclic amines) is 1. The second kappa shape index (κ2) is 8.02. The lowest BCUT2D eigenvalue weighted by atomic mass is 9.95. The Balaban J connectivity index is 1.54. The zero-order valence-electron chi connectivity index (χ0n) is 15.4. The number of aromatic nitrogens is 2. The van der Waals surface area contributed by atoms with Crippen LogP contribution in [0.3, 0.4) is 0 Å². The summed E-state index contributed by atoms with van der Waals surface area (Å²) in [6.07, 6.45) is 9.39. The lowest BCUT2D eigenvalue weighted by molar-refractivity contribution is -0.140. The quantitative estimate of drug-likeness (QED) is 0.860. The molecule has 2 fully saturated rings. The predicted octanol–water partition coefficient (Wildman–Crippen LogP) is 2.34. The van der Waals surface area contributed by atoms with E-state index in [1.54, 1.807) is 0 Å². The molecular weight excluding hydrogens is 316 g/mol. The Labute approximate surface area is 150 Å². The first-order chi connectivity index (χ1) is 12.0. The molecule has 2 aliphatic rings. The van der Waals surface area contributed by atoms with Crippen LogP contribution in [0.25, 0.3) is 0 Å². The van der Waals surface area contributed by atoms with Crippen LogP contribution in [0.5, 0.6) is 0 Å². The molecule has 6 heteroatoms. The average Bonchev–Trinajstić information content (AvgIpc) is 3.24. The Kier molecular flexibility index (Phi) is 5.76. The smallest absolute Gasteiger partial charge is 0.225 e. The van der Waals surface area contributed by atoms with Gasteiger partial charge in [0.2, 0.25) is 11.8 Å². The fraction of sp³-hybridized carbons (Fsp3) is 0.737. The van der Waals surface area contributed by atoms with Gasteiger partial charge in [0.25, 0.3) is 0 Å². The van der Waals surface area contributed by atoms with Crippen molar-refractivity contribution in [1.29, 1.82) is 0 Å². The van der Waals surface area contributed by atoms with E-state index in [1.165, 1.54) is 12.8 Å². The standard InChI is InChI=1S/C19H30N4O2/c1-14(2)11-22-13-20-9-17(22)10-21-19(25)15-7-8-18(24)23(12-15)16-5-3-4-6-16/h9,13-16H,3-8,10-12H2,1-2H3,(H,21,25). The molecule has 1 aliphatic heterocycles. The van der Waals surface area contributed by atoms with Crippen molar-refractivity contribution in [3.05, 3.63) is 18.2 Å². The number of rotatable bonds is 6. The first-order valence-corrected chi connectivity index (χ1v) is 9.60. The van der Waals surface area contributed by atoms with Gasteiger partial charge in [-0.15, -0.1) is 0 Å². The highest BCUT2D eigenvalue weighted by molar-refractivity contribution is 5.84. The van der Waals surface area contributed by atoms with Crippen LogP contribution in [0.15, 0.2) is 12.5 Å². The number of hydrogen-bond donors (Lipinski definition) is 1. The average molecular weight is 346 g/mol. The molecule has 3 rings (SSSR count). The van der Waals surface area contributed by atoms with Gasteiger partial charge in [-0.3, -0.25) is 9.59 Å². The van der Waals surface area contributed by atoms with E-state index in [2.05, 4.69) is 28.7 Å². The summed E-state index contributed by atoms with van der Waals surface area (Å²) < 4.78 is 2.10.